The summed E-state index contributed by atoms with van der Waals surface area (Å²) in [5.41, 5.74) is 8.47. The van der Waals surface area contributed by atoms with E-state index in [0.29, 0.717) is 25.6 Å². The van der Waals surface area contributed by atoms with Gasteiger partial charge in [-0.15, -0.1) is 0 Å². The third-order valence-electron chi connectivity index (χ3n) is 3.52. The summed E-state index contributed by atoms with van der Waals surface area (Å²) in [5, 5.41) is 10.8. The molecule has 6 heteroatoms. The summed E-state index contributed by atoms with van der Waals surface area (Å²) < 4.78 is 7.53. The van der Waals surface area contributed by atoms with Gasteiger partial charge in [0.1, 0.15) is 17.7 Å². The lowest BCUT2D eigenvalue weighted by Gasteiger charge is -2.09. The number of rotatable bonds is 7. The minimum absolute atomic E-state index is 0.332. The fourth-order valence-electron chi connectivity index (χ4n) is 2.34. The molecule has 0 aliphatic heterocycles. The highest BCUT2D eigenvalue weighted by atomic mass is 16.5. The average molecular weight is 310 g/mol. The highest BCUT2D eigenvalue weighted by molar-refractivity contribution is 5.14. The quantitative estimate of drug-likeness (QED) is 0.646. The van der Waals surface area contributed by atoms with Gasteiger partial charge in [-0.1, -0.05) is 65.9 Å². The minimum atomic E-state index is -0.332. The zero-order valence-electron chi connectivity index (χ0n) is 12.8. The first-order chi connectivity index (χ1) is 11.3. The molecule has 2 aromatic carbocycles. The molecule has 3 aromatic rings. The van der Waals surface area contributed by atoms with Gasteiger partial charge in [0.05, 0.1) is 13.2 Å². The van der Waals surface area contributed by atoms with E-state index in [9.17, 15) is 0 Å². The lowest BCUT2D eigenvalue weighted by atomic mass is 10.2. The molecule has 3 rings (SSSR count). The second kappa shape index (κ2) is 7.62. The van der Waals surface area contributed by atoms with Crippen LogP contribution >= 0.6 is 0 Å². The first-order valence-electron chi connectivity index (χ1n) is 7.55. The lowest BCUT2D eigenvalue weighted by molar-refractivity contribution is -0.754. The van der Waals surface area contributed by atoms with Crippen molar-refractivity contribution in [2.45, 2.75) is 19.2 Å². The molecule has 0 amide bonds. The Morgan fingerprint density at radius 2 is 1.65 bits per heavy atom. The number of nitrogens with one attached hydrogen (secondary N) is 1. The largest absolute Gasteiger partial charge is 0.375 e. The molecule has 1 heterocycles. The maximum atomic E-state index is 6.19. The lowest BCUT2D eigenvalue weighted by Crippen LogP contribution is -2.44. The number of hydrogen-bond donors (Lipinski definition) is 2. The molecule has 1 atom stereocenters. The van der Waals surface area contributed by atoms with Crippen molar-refractivity contribution in [3.8, 4) is 0 Å². The number of nitrogens with zero attached hydrogens (tertiary/aromatic N) is 3. The van der Waals surface area contributed by atoms with Gasteiger partial charge in [-0.05, 0) is 11.1 Å². The van der Waals surface area contributed by atoms with Crippen LogP contribution in [0.5, 0.6) is 0 Å². The van der Waals surface area contributed by atoms with Crippen LogP contribution in [0.25, 0.3) is 0 Å². The van der Waals surface area contributed by atoms with E-state index >= 15 is 0 Å². The van der Waals surface area contributed by atoms with Gasteiger partial charge in [-0.3, -0.25) is 0 Å². The smallest absolute Gasteiger partial charge is 0.320 e. The highest BCUT2D eigenvalue weighted by Crippen LogP contribution is 2.06. The number of benzene rings is 2. The Labute approximate surface area is 134 Å². The molecule has 1 aromatic heterocycles. The maximum absolute atomic E-state index is 6.19. The molecule has 23 heavy (non-hydrogen) atoms. The van der Waals surface area contributed by atoms with Crippen molar-refractivity contribution in [3.63, 3.8) is 0 Å². The van der Waals surface area contributed by atoms with Crippen LogP contribution in [0, 0.1) is 0 Å². The summed E-state index contributed by atoms with van der Waals surface area (Å²) in [4.78, 5) is 0. The predicted octanol–water partition coefficient (Wildman–Crippen LogP) is 1.36. The maximum Gasteiger partial charge on any atom is 0.320 e. The number of hydrogen-bond acceptors (Lipinski definition) is 4. The minimum Gasteiger partial charge on any atom is -0.375 e. The molecular weight excluding hydrogens is 290 g/mol. The van der Waals surface area contributed by atoms with E-state index in [1.165, 1.54) is 0 Å². The van der Waals surface area contributed by atoms with E-state index in [4.69, 9.17) is 10.5 Å². The van der Waals surface area contributed by atoms with Crippen LogP contribution < -0.4 is 10.4 Å². The van der Waals surface area contributed by atoms with E-state index in [1.54, 1.807) is 0 Å². The van der Waals surface area contributed by atoms with Crippen molar-refractivity contribution in [2.75, 3.05) is 6.61 Å². The predicted molar refractivity (Wildman–Crippen MR) is 85.1 cm³/mol. The van der Waals surface area contributed by atoms with Gasteiger partial charge in [0.25, 0.3) is 0 Å². The Bertz CT molecular complexity index is 714. The number of aromatic nitrogens is 4. The Balaban J connectivity index is 1.57. The molecule has 118 valence electrons. The highest BCUT2D eigenvalue weighted by Gasteiger charge is 2.22. The Morgan fingerprint density at radius 3 is 2.35 bits per heavy atom. The van der Waals surface area contributed by atoms with Gasteiger partial charge in [0.2, 0.25) is 0 Å². The summed E-state index contributed by atoms with van der Waals surface area (Å²) in [7, 11) is 0. The van der Waals surface area contributed by atoms with E-state index < -0.39 is 0 Å². The molecule has 0 fully saturated rings. The van der Waals surface area contributed by atoms with Crippen LogP contribution in [-0.4, -0.2) is 22.1 Å². The summed E-state index contributed by atoms with van der Waals surface area (Å²) >= 11 is 0. The zero-order valence-corrected chi connectivity index (χ0v) is 12.8. The monoisotopic (exact) mass is 310 g/mol. The van der Waals surface area contributed by atoms with Crippen molar-refractivity contribution in [2.24, 2.45) is 5.73 Å². The Hall–Kier alpha value is -2.57. The van der Waals surface area contributed by atoms with Crippen LogP contribution in [0.15, 0.2) is 60.7 Å². The normalized spacial score (nSPS) is 12.2. The summed E-state index contributed by atoms with van der Waals surface area (Å²) in [5.74, 6) is 0.682. The van der Waals surface area contributed by atoms with Crippen molar-refractivity contribution in [1.29, 1.82) is 0 Å². The molecule has 0 radical (unpaired) electrons. The first kappa shape index (κ1) is 15.3. The number of nitrogens with two attached hydrogens (primary N) is 1. The number of H-pyrrole nitrogens is 1. The van der Waals surface area contributed by atoms with Gasteiger partial charge < -0.3 is 10.5 Å². The molecule has 0 aliphatic rings. The van der Waals surface area contributed by atoms with Crippen LogP contribution in [0.2, 0.25) is 0 Å². The van der Waals surface area contributed by atoms with Crippen molar-refractivity contribution < 1.29 is 9.42 Å². The zero-order chi connectivity index (χ0) is 15.9. The molecule has 0 unspecified atom stereocenters. The molecule has 3 N–H and O–H groups in total. The first-order valence-corrected chi connectivity index (χ1v) is 7.55. The molecule has 0 spiro atoms. The Morgan fingerprint density at radius 1 is 1.00 bits per heavy atom. The second-order valence-electron chi connectivity index (χ2n) is 5.34. The average Bonchev–Trinajstić information content (AvgIpc) is 3.05. The molecular formula is C17H20N5O+. The molecule has 0 saturated heterocycles. The van der Waals surface area contributed by atoms with Gasteiger partial charge in [-0.25, -0.2) is 0 Å². The Kier molecular flexibility index (Phi) is 5.08. The summed E-state index contributed by atoms with van der Waals surface area (Å²) in [6.07, 6.45) is 0. The second-order valence-corrected chi connectivity index (χ2v) is 5.34. The third-order valence-corrected chi connectivity index (χ3v) is 3.52. The van der Waals surface area contributed by atoms with Crippen LogP contribution in [0.1, 0.15) is 23.0 Å². The van der Waals surface area contributed by atoms with E-state index in [-0.39, 0.29) is 6.04 Å². The van der Waals surface area contributed by atoms with Gasteiger partial charge in [-0.2, -0.15) is 4.68 Å². The van der Waals surface area contributed by atoms with E-state index in [1.807, 2.05) is 53.2 Å². The number of ether oxygens (including phenoxy) is 1. The number of tetrazole rings is 1. The summed E-state index contributed by atoms with van der Waals surface area (Å²) in [6, 6.07) is 19.8. The molecule has 6 nitrogen and oxygen atoms in total. The van der Waals surface area contributed by atoms with Crippen LogP contribution in [-0.2, 0) is 17.9 Å². The van der Waals surface area contributed by atoms with E-state index in [0.717, 1.165) is 11.1 Å². The molecule has 0 saturated carbocycles. The molecule has 0 aliphatic carbocycles. The van der Waals surface area contributed by atoms with Crippen molar-refractivity contribution in [1.82, 2.24) is 15.5 Å². The van der Waals surface area contributed by atoms with Gasteiger partial charge >= 0.3 is 5.82 Å². The third kappa shape index (κ3) is 4.21. The van der Waals surface area contributed by atoms with Crippen molar-refractivity contribution >= 4 is 0 Å². The standard InChI is InChI=1S/C17H19N5O/c18-16(13-23-12-15-9-5-2-6-10-15)17-19-20-21-22(17)11-14-7-3-1-4-8-14/h1-10,16H,11-13,18H2/p+1/t16-/m1/s1. The topological polar surface area (TPSA) is 80.7 Å². The SMILES string of the molecule is N[C@H](COCc1ccccc1)c1nn[nH][n+]1Cc1ccccc1. The van der Waals surface area contributed by atoms with E-state index in [2.05, 4.69) is 27.7 Å². The van der Waals surface area contributed by atoms with Gasteiger partial charge in [0, 0.05) is 0 Å². The fourth-order valence-corrected chi connectivity index (χ4v) is 2.34. The fraction of sp³-hybridized carbons (Fsp3) is 0.235. The number of aromatic amines is 1. The van der Waals surface area contributed by atoms with Crippen LogP contribution in [0.4, 0.5) is 0 Å². The molecule has 0 bridgehead atoms. The van der Waals surface area contributed by atoms with Crippen LogP contribution in [0.3, 0.4) is 0 Å². The van der Waals surface area contributed by atoms with Crippen molar-refractivity contribution in [3.05, 3.63) is 77.6 Å². The summed E-state index contributed by atoms with van der Waals surface area (Å²) in [6.45, 7) is 1.57. The van der Waals surface area contributed by atoms with Gasteiger partial charge in [0.15, 0.2) is 5.21 Å².